The van der Waals surface area contributed by atoms with E-state index in [1.165, 1.54) is 11.3 Å². The molecule has 0 spiro atoms. The number of amides is 1. The number of halogens is 1. The summed E-state index contributed by atoms with van der Waals surface area (Å²) in [6, 6.07) is 15.9. The fourth-order valence-electron chi connectivity index (χ4n) is 3.33. The van der Waals surface area contributed by atoms with Gasteiger partial charge >= 0.3 is 0 Å². The zero-order valence-corrected chi connectivity index (χ0v) is 16.9. The van der Waals surface area contributed by atoms with Crippen molar-refractivity contribution in [3.05, 3.63) is 92.2 Å². The summed E-state index contributed by atoms with van der Waals surface area (Å²) < 4.78 is 0. The smallest absolute Gasteiger partial charge is 0.262 e. The quantitative estimate of drug-likeness (QED) is 0.517. The average molecular weight is 430 g/mol. The van der Waals surface area contributed by atoms with Crippen molar-refractivity contribution in [2.45, 2.75) is 16.9 Å². The third kappa shape index (κ3) is 3.28. The Hall–Kier alpha value is -2.41. The first-order chi connectivity index (χ1) is 13.5. The van der Waals surface area contributed by atoms with Crippen LogP contribution in [-0.4, -0.2) is 16.1 Å². The number of phenols is 1. The Morgan fingerprint density at radius 1 is 1.07 bits per heavy atom. The molecule has 2 aromatic carbocycles. The van der Waals surface area contributed by atoms with Gasteiger partial charge < -0.3 is 15.5 Å². The van der Waals surface area contributed by atoms with E-state index in [4.69, 9.17) is 11.6 Å². The van der Waals surface area contributed by atoms with Gasteiger partial charge in [0.25, 0.3) is 5.91 Å². The molecule has 3 N–H and O–H groups in total. The Balaban J connectivity index is 1.80. The lowest BCUT2D eigenvalue weighted by Crippen LogP contribution is -2.50. The van der Waals surface area contributed by atoms with Crippen molar-refractivity contribution in [1.82, 2.24) is 5.32 Å². The minimum absolute atomic E-state index is 0.0388. The summed E-state index contributed by atoms with van der Waals surface area (Å²) in [7, 11) is 0. The Morgan fingerprint density at radius 2 is 1.82 bits per heavy atom. The van der Waals surface area contributed by atoms with Gasteiger partial charge in [-0.25, -0.2) is 0 Å². The van der Waals surface area contributed by atoms with Gasteiger partial charge in [0.15, 0.2) is 0 Å². The molecule has 0 saturated heterocycles. The maximum Gasteiger partial charge on any atom is 0.262 e. The number of carbonyl (C=O) groups is 1. The molecule has 1 aromatic heterocycles. The zero-order chi connectivity index (χ0) is 19.7. The Kier molecular flexibility index (Phi) is 5.10. The first kappa shape index (κ1) is 18.9. The molecular weight excluding hydrogens is 414 g/mol. The summed E-state index contributed by atoms with van der Waals surface area (Å²) in [5.74, 6) is -0.393. The van der Waals surface area contributed by atoms with Crippen molar-refractivity contribution >= 4 is 40.6 Å². The van der Waals surface area contributed by atoms with Crippen LogP contribution in [0, 0.1) is 0 Å². The van der Waals surface area contributed by atoms with Crippen LogP contribution in [0.4, 0.5) is 0 Å². The molecule has 1 aliphatic rings. The van der Waals surface area contributed by atoms with E-state index >= 15 is 0 Å². The summed E-state index contributed by atoms with van der Waals surface area (Å²) in [5, 5.41) is 28.7. The first-order valence-corrected chi connectivity index (χ1v) is 10.6. The molecule has 1 amide bonds. The molecule has 1 atom stereocenters. The van der Waals surface area contributed by atoms with Crippen LogP contribution in [0.25, 0.3) is 0 Å². The highest BCUT2D eigenvalue weighted by Crippen LogP contribution is 2.46. The highest BCUT2D eigenvalue weighted by molar-refractivity contribution is 8.04. The Bertz CT molecular complexity index is 1070. The van der Waals surface area contributed by atoms with E-state index in [0.29, 0.717) is 15.5 Å². The number of carbonyl (C=O) groups excluding carboxylic acids is 1. The lowest BCUT2D eigenvalue weighted by Gasteiger charge is -2.38. The number of aliphatic hydroxyl groups excluding tert-OH is 1. The van der Waals surface area contributed by atoms with Gasteiger partial charge in [-0.1, -0.05) is 53.7 Å². The van der Waals surface area contributed by atoms with Crippen LogP contribution in [0.5, 0.6) is 5.75 Å². The molecule has 4 nitrogen and oxygen atoms in total. The number of rotatable bonds is 4. The molecule has 0 fully saturated rings. The molecule has 142 valence electrons. The molecular formula is C21H16ClNO3S2. The predicted molar refractivity (Wildman–Crippen MR) is 113 cm³/mol. The van der Waals surface area contributed by atoms with E-state index in [9.17, 15) is 15.0 Å². The van der Waals surface area contributed by atoms with Crippen LogP contribution in [-0.2, 0) is 10.3 Å². The van der Waals surface area contributed by atoms with E-state index in [2.05, 4.69) is 5.32 Å². The number of aromatic hydroxyl groups is 1. The average Bonchev–Trinajstić information content (AvgIpc) is 3.21. The SMILES string of the molecule is O=C1NC(c2ccsc2)(c2ccccc2O)CC(O)=C1Sc1ccccc1Cl. The van der Waals surface area contributed by atoms with Gasteiger partial charge in [0.05, 0.1) is 5.02 Å². The van der Waals surface area contributed by atoms with Crippen LogP contribution < -0.4 is 5.32 Å². The second-order valence-corrected chi connectivity index (χ2v) is 8.61. The van der Waals surface area contributed by atoms with Crippen LogP contribution in [0.15, 0.2) is 80.9 Å². The van der Waals surface area contributed by atoms with Crippen LogP contribution in [0.2, 0.25) is 5.02 Å². The maximum atomic E-state index is 13.0. The lowest BCUT2D eigenvalue weighted by atomic mass is 9.78. The summed E-state index contributed by atoms with van der Waals surface area (Å²) >= 11 is 8.82. The molecule has 28 heavy (non-hydrogen) atoms. The molecule has 1 aliphatic heterocycles. The number of thiophene rings is 1. The van der Waals surface area contributed by atoms with E-state index in [1.807, 2.05) is 22.9 Å². The second-order valence-electron chi connectivity index (χ2n) is 6.37. The predicted octanol–water partition coefficient (Wildman–Crippen LogP) is 5.43. The Labute approximate surface area is 175 Å². The van der Waals surface area contributed by atoms with Gasteiger partial charge in [-0.3, -0.25) is 4.79 Å². The summed E-state index contributed by atoms with van der Waals surface area (Å²) in [4.78, 5) is 13.9. The Morgan fingerprint density at radius 3 is 2.50 bits per heavy atom. The third-order valence-electron chi connectivity index (χ3n) is 4.65. The second kappa shape index (κ2) is 7.54. The molecule has 1 unspecified atom stereocenters. The standard InChI is InChI=1S/C21H16ClNO3S2/c22-15-6-2-4-8-18(15)28-19-17(25)11-21(23-20(19)26,13-9-10-27-12-13)14-5-1-3-7-16(14)24/h1-10,12,24-25H,11H2,(H,23,26). The van der Waals surface area contributed by atoms with E-state index in [1.54, 1.807) is 42.5 Å². The fraction of sp³-hybridized carbons (Fsp3) is 0.0952. The number of hydrogen-bond donors (Lipinski definition) is 3. The first-order valence-electron chi connectivity index (χ1n) is 8.49. The molecule has 0 bridgehead atoms. The lowest BCUT2D eigenvalue weighted by molar-refractivity contribution is -0.119. The van der Waals surface area contributed by atoms with Crippen LogP contribution in [0.3, 0.4) is 0 Å². The number of hydrogen-bond acceptors (Lipinski definition) is 5. The number of nitrogens with one attached hydrogen (secondary N) is 1. The largest absolute Gasteiger partial charge is 0.511 e. The number of thioether (sulfide) groups is 1. The summed E-state index contributed by atoms with van der Waals surface area (Å²) in [6.45, 7) is 0. The van der Waals surface area contributed by atoms with Crippen molar-refractivity contribution in [3.63, 3.8) is 0 Å². The van der Waals surface area contributed by atoms with Gasteiger partial charge in [0, 0.05) is 16.9 Å². The summed E-state index contributed by atoms with van der Waals surface area (Å²) in [6.07, 6.45) is 0.125. The highest BCUT2D eigenvalue weighted by atomic mass is 35.5. The van der Waals surface area contributed by atoms with Crippen molar-refractivity contribution in [3.8, 4) is 5.75 Å². The topological polar surface area (TPSA) is 69.6 Å². The third-order valence-corrected chi connectivity index (χ3v) is 6.98. The minimum Gasteiger partial charge on any atom is -0.511 e. The molecule has 3 aromatic rings. The van der Waals surface area contributed by atoms with Gasteiger partial charge in [0.2, 0.25) is 0 Å². The van der Waals surface area contributed by atoms with Gasteiger partial charge in [-0.15, -0.1) is 0 Å². The van der Waals surface area contributed by atoms with Crippen molar-refractivity contribution < 1.29 is 15.0 Å². The monoisotopic (exact) mass is 429 g/mol. The number of phenolic OH excluding ortho intramolecular Hbond substituents is 1. The van der Waals surface area contributed by atoms with Gasteiger partial charge in [0.1, 0.15) is 22.0 Å². The normalized spacial score (nSPS) is 19.5. The molecule has 2 heterocycles. The minimum atomic E-state index is -1.04. The number of para-hydroxylation sites is 1. The highest BCUT2D eigenvalue weighted by Gasteiger charge is 2.44. The van der Waals surface area contributed by atoms with E-state index in [-0.39, 0.29) is 22.8 Å². The summed E-state index contributed by atoms with van der Waals surface area (Å²) in [5.41, 5.74) is 0.299. The fourth-order valence-corrected chi connectivity index (χ4v) is 5.18. The molecule has 4 rings (SSSR count). The van der Waals surface area contributed by atoms with Crippen molar-refractivity contribution in [1.29, 1.82) is 0 Å². The van der Waals surface area contributed by atoms with E-state index < -0.39 is 11.4 Å². The number of benzene rings is 2. The molecule has 0 radical (unpaired) electrons. The molecule has 0 saturated carbocycles. The van der Waals surface area contributed by atoms with E-state index in [0.717, 1.165) is 17.3 Å². The molecule has 7 heteroatoms. The van der Waals surface area contributed by atoms with Crippen molar-refractivity contribution in [2.75, 3.05) is 0 Å². The van der Waals surface area contributed by atoms with Crippen LogP contribution in [0.1, 0.15) is 17.5 Å². The van der Waals surface area contributed by atoms with Gasteiger partial charge in [-0.2, -0.15) is 11.3 Å². The zero-order valence-electron chi connectivity index (χ0n) is 14.6. The van der Waals surface area contributed by atoms with Crippen LogP contribution >= 0.6 is 34.7 Å². The molecule has 0 aliphatic carbocycles. The van der Waals surface area contributed by atoms with Gasteiger partial charge in [-0.05, 0) is 40.6 Å². The number of aliphatic hydroxyl groups is 1. The van der Waals surface area contributed by atoms with Crippen molar-refractivity contribution in [2.24, 2.45) is 0 Å². The maximum absolute atomic E-state index is 13.0.